The van der Waals surface area contributed by atoms with Crippen molar-refractivity contribution >= 4 is 23.8 Å². The highest BCUT2D eigenvalue weighted by Gasteiger charge is 2.31. The number of hydrogen-bond acceptors (Lipinski definition) is 0. The highest BCUT2D eigenvalue weighted by Crippen LogP contribution is 2.33. The van der Waals surface area contributed by atoms with Crippen molar-refractivity contribution in [3.63, 3.8) is 0 Å². The molecule has 0 amide bonds. The maximum Gasteiger partial charge on any atom is 0.416 e. The molecule has 1 aliphatic carbocycles. The first-order valence-electron chi connectivity index (χ1n) is 9.73. The van der Waals surface area contributed by atoms with E-state index in [4.69, 9.17) is 11.6 Å². The zero-order valence-electron chi connectivity index (χ0n) is 16.9. The van der Waals surface area contributed by atoms with Crippen molar-refractivity contribution in [2.45, 2.75) is 25.7 Å². The van der Waals surface area contributed by atoms with Gasteiger partial charge in [-0.3, -0.25) is 0 Å². The summed E-state index contributed by atoms with van der Waals surface area (Å²) in [5.74, 6) is 0.0540. The van der Waals surface area contributed by atoms with Crippen LogP contribution in [0.25, 0.3) is 12.2 Å². The summed E-state index contributed by atoms with van der Waals surface area (Å²) < 4.78 is 76.5. The molecule has 0 heterocycles. The van der Waals surface area contributed by atoms with Gasteiger partial charge in [0.05, 0.1) is 11.1 Å². The summed E-state index contributed by atoms with van der Waals surface area (Å²) in [7, 11) is 0. The number of hydrogen-bond donors (Lipinski definition) is 0. The fraction of sp³-hybridized carbons (Fsp3) is 0.200. The average Bonchev–Trinajstić information content (AvgIpc) is 2.71. The molecule has 32 heavy (non-hydrogen) atoms. The van der Waals surface area contributed by atoms with Crippen LogP contribution in [0, 0.1) is 12.8 Å². The van der Waals surface area contributed by atoms with Crippen LogP contribution in [0.2, 0.25) is 5.02 Å². The van der Waals surface area contributed by atoms with E-state index in [0.717, 1.165) is 29.8 Å². The number of aryl methyl sites for hydroxylation is 1. The fourth-order valence-electron chi connectivity index (χ4n) is 3.21. The van der Waals surface area contributed by atoms with E-state index in [0.29, 0.717) is 23.1 Å². The second-order valence-corrected chi connectivity index (χ2v) is 7.87. The molecule has 168 valence electrons. The molecule has 0 aliphatic heterocycles. The van der Waals surface area contributed by atoms with Gasteiger partial charge in [-0.2, -0.15) is 26.3 Å². The summed E-state index contributed by atoms with van der Waals surface area (Å²) in [6.07, 6.45) is 4.86. The summed E-state index contributed by atoms with van der Waals surface area (Å²) >= 11 is 5.97. The van der Waals surface area contributed by atoms with Crippen LogP contribution in [-0.2, 0) is 12.4 Å². The molecule has 0 spiro atoms. The largest absolute Gasteiger partial charge is 0.416 e. The number of benzene rings is 2. The number of halogens is 7. The maximum atomic E-state index is 12.8. The first-order chi connectivity index (χ1) is 14.9. The third-order valence-corrected chi connectivity index (χ3v) is 5.39. The Morgan fingerprint density at radius 1 is 0.844 bits per heavy atom. The highest BCUT2D eigenvalue weighted by atomic mass is 35.5. The molecule has 2 aromatic carbocycles. The van der Waals surface area contributed by atoms with Gasteiger partial charge in [0.2, 0.25) is 0 Å². The van der Waals surface area contributed by atoms with Crippen molar-refractivity contribution in [3.05, 3.63) is 105 Å². The first kappa shape index (κ1) is 23.9. The molecule has 2 aromatic rings. The maximum absolute atomic E-state index is 12.8. The number of alkyl halides is 6. The van der Waals surface area contributed by atoms with Gasteiger partial charge in [0.1, 0.15) is 0 Å². The molecule has 0 bridgehead atoms. The van der Waals surface area contributed by atoms with Gasteiger partial charge in [0.25, 0.3) is 0 Å². The lowest BCUT2D eigenvalue weighted by Crippen LogP contribution is -2.05. The molecule has 1 unspecified atom stereocenters. The minimum atomic E-state index is -4.44. The van der Waals surface area contributed by atoms with E-state index < -0.39 is 23.5 Å². The highest BCUT2D eigenvalue weighted by molar-refractivity contribution is 6.32. The Balaban J connectivity index is 1.63. The lowest BCUT2D eigenvalue weighted by atomic mass is 9.94. The van der Waals surface area contributed by atoms with Crippen molar-refractivity contribution in [2.24, 2.45) is 5.92 Å². The van der Waals surface area contributed by atoms with Gasteiger partial charge in [-0.15, -0.1) is 0 Å². The Hall–Kier alpha value is -2.73. The smallest absolute Gasteiger partial charge is 0.166 e. The van der Waals surface area contributed by atoms with Crippen LogP contribution in [0.3, 0.4) is 0 Å². The molecule has 0 nitrogen and oxygen atoms in total. The van der Waals surface area contributed by atoms with Gasteiger partial charge in [-0.05, 0) is 65.8 Å². The normalized spacial score (nSPS) is 17.4. The van der Waals surface area contributed by atoms with Crippen LogP contribution in [-0.4, -0.2) is 0 Å². The lowest BCUT2D eigenvalue weighted by molar-refractivity contribution is -0.138. The van der Waals surface area contributed by atoms with Gasteiger partial charge in [-0.1, -0.05) is 66.3 Å². The standard InChI is InChI=1S/C25H19ClF6/c1-16-14-21(24(27,28)29)12-10-19(16)8-6-17-2-4-18(5-3-17)7-9-20-11-13-22(15-23(20)26)25(30,31)32/h2-4,6-15,18H,5H2,1H3/b8-6-,9-7-. The zero-order valence-corrected chi connectivity index (χ0v) is 17.7. The van der Waals surface area contributed by atoms with E-state index in [1.54, 1.807) is 19.1 Å². The van der Waals surface area contributed by atoms with E-state index in [2.05, 4.69) is 0 Å². The van der Waals surface area contributed by atoms with Crippen molar-refractivity contribution in [1.82, 2.24) is 0 Å². The summed E-state index contributed by atoms with van der Waals surface area (Å²) in [5.41, 5.74) is 1.19. The first-order valence-corrected chi connectivity index (χ1v) is 10.1. The number of rotatable bonds is 4. The summed E-state index contributed by atoms with van der Waals surface area (Å²) in [6, 6.07) is 6.87. The SMILES string of the molecule is Cc1cc(C(F)(F)F)ccc1/C=C\C1=CCC(/C=C\c2ccc(C(F)(F)F)cc2Cl)C=C1. The predicted octanol–water partition coefficient (Wildman–Crippen LogP) is 8.92. The second-order valence-electron chi connectivity index (χ2n) is 7.46. The van der Waals surface area contributed by atoms with E-state index in [1.165, 1.54) is 12.1 Å². The van der Waals surface area contributed by atoms with E-state index in [1.807, 2.05) is 30.4 Å². The lowest BCUT2D eigenvalue weighted by Gasteiger charge is -2.12. The van der Waals surface area contributed by atoms with E-state index in [-0.39, 0.29) is 10.9 Å². The molecule has 0 saturated carbocycles. The minimum Gasteiger partial charge on any atom is -0.166 e. The van der Waals surface area contributed by atoms with Gasteiger partial charge in [0.15, 0.2) is 0 Å². The zero-order chi connectivity index (χ0) is 23.5. The molecule has 0 N–H and O–H groups in total. The Bertz CT molecular complexity index is 1100. The molecule has 0 saturated heterocycles. The van der Waals surface area contributed by atoms with Crippen LogP contribution in [0.4, 0.5) is 26.3 Å². The Morgan fingerprint density at radius 2 is 1.47 bits per heavy atom. The van der Waals surface area contributed by atoms with Gasteiger partial charge in [0, 0.05) is 5.02 Å². The average molecular weight is 469 g/mol. The molecule has 0 radical (unpaired) electrons. The van der Waals surface area contributed by atoms with Crippen LogP contribution < -0.4 is 0 Å². The van der Waals surface area contributed by atoms with Crippen LogP contribution in [0.1, 0.15) is 34.2 Å². The topological polar surface area (TPSA) is 0 Å². The summed E-state index contributed by atoms with van der Waals surface area (Å²) in [6.45, 7) is 1.63. The molecular weight excluding hydrogens is 450 g/mol. The monoisotopic (exact) mass is 468 g/mol. The third kappa shape index (κ3) is 6.16. The van der Waals surface area contributed by atoms with E-state index >= 15 is 0 Å². The third-order valence-electron chi connectivity index (χ3n) is 5.06. The van der Waals surface area contributed by atoms with Crippen LogP contribution >= 0.6 is 11.6 Å². The molecule has 0 fully saturated rings. The second kappa shape index (κ2) is 9.41. The fourth-order valence-corrected chi connectivity index (χ4v) is 3.45. The number of allylic oxidation sites excluding steroid dienone is 6. The van der Waals surface area contributed by atoms with Crippen molar-refractivity contribution in [3.8, 4) is 0 Å². The van der Waals surface area contributed by atoms with Crippen LogP contribution in [0.5, 0.6) is 0 Å². The molecule has 7 heteroatoms. The molecule has 1 aliphatic rings. The predicted molar refractivity (Wildman–Crippen MR) is 116 cm³/mol. The van der Waals surface area contributed by atoms with Crippen molar-refractivity contribution in [2.75, 3.05) is 0 Å². The molecular formula is C25H19ClF6. The summed E-state index contributed by atoms with van der Waals surface area (Å²) in [4.78, 5) is 0. The minimum absolute atomic E-state index is 0.0296. The Kier molecular flexibility index (Phi) is 7.03. The quantitative estimate of drug-likeness (QED) is 0.393. The van der Waals surface area contributed by atoms with Gasteiger partial charge < -0.3 is 0 Å². The van der Waals surface area contributed by atoms with Crippen molar-refractivity contribution in [1.29, 1.82) is 0 Å². The van der Waals surface area contributed by atoms with E-state index in [9.17, 15) is 26.3 Å². The Labute approximate surface area is 187 Å². The summed E-state index contributed by atoms with van der Waals surface area (Å²) in [5, 5.41) is 0.0296. The van der Waals surface area contributed by atoms with Gasteiger partial charge >= 0.3 is 12.4 Å². The Morgan fingerprint density at radius 3 is 2.00 bits per heavy atom. The molecule has 3 rings (SSSR count). The van der Waals surface area contributed by atoms with Gasteiger partial charge in [-0.25, -0.2) is 0 Å². The van der Waals surface area contributed by atoms with Crippen molar-refractivity contribution < 1.29 is 26.3 Å². The molecule has 1 atom stereocenters. The molecule has 0 aromatic heterocycles. The van der Waals surface area contributed by atoms with Crippen LogP contribution in [0.15, 0.2) is 72.4 Å².